The van der Waals surface area contributed by atoms with Crippen molar-refractivity contribution in [3.05, 3.63) is 18.0 Å². The molecule has 0 radical (unpaired) electrons. The lowest BCUT2D eigenvalue weighted by atomic mass is 10.1. The van der Waals surface area contributed by atoms with E-state index in [4.69, 9.17) is 5.11 Å². The van der Waals surface area contributed by atoms with E-state index in [1.807, 2.05) is 0 Å². The van der Waals surface area contributed by atoms with Crippen molar-refractivity contribution in [3.8, 4) is 0 Å². The van der Waals surface area contributed by atoms with Crippen LogP contribution in [0.3, 0.4) is 0 Å². The maximum absolute atomic E-state index is 8.97. The number of nitrogens with zero attached hydrogens (tertiary/aromatic N) is 2. The third-order valence-electron chi connectivity index (χ3n) is 1.83. The zero-order valence-electron chi connectivity index (χ0n) is 6.10. The summed E-state index contributed by atoms with van der Waals surface area (Å²) in [5.41, 5.74) is 1.07. The number of aliphatic hydroxyl groups is 1. The van der Waals surface area contributed by atoms with Crippen LogP contribution in [-0.4, -0.2) is 34.4 Å². The molecule has 0 saturated carbocycles. The van der Waals surface area contributed by atoms with Crippen LogP contribution in [0.1, 0.15) is 5.56 Å². The molecule has 0 unspecified atom stereocenters. The Balaban J connectivity index is 1.84. The fourth-order valence-electron chi connectivity index (χ4n) is 1.23. The summed E-state index contributed by atoms with van der Waals surface area (Å²) >= 11 is 0. The van der Waals surface area contributed by atoms with Crippen molar-refractivity contribution in [3.63, 3.8) is 0 Å². The van der Waals surface area contributed by atoms with Crippen LogP contribution in [0.15, 0.2) is 17.0 Å². The van der Waals surface area contributed by atoms with Gasteiger partial charge < -0.3 is 9.63 Å². The first-order valence-corrected chi connectivity index (χ1v) is 3.63. The highest BCUT2D eigenvalue weighted by atomic mass is 16.5. The minimum absolute atomic E-state index is 0.130. The van der Waals surface area contributed by atoms with E-state index in [9.17, 15) is 0 Å². The Morgan fingerprint density at radius 1 is 1.73 bits per heavy atom. The molecule has 1 saturated heterocycles. The summed E-state index contributed by atoms with van der Waals surface area (Å²) in [5, 5.41) is 12.6. The molecular weight excluding hydrogens is 144 g/mol. The summed E-state index contributed by atoms with van der Waals surface area (Å²) in [6.45, 7) is 2.37. The summed E-state index contributed by atoms with van der Waals surface area (Å²) in [6, 6.07) is 0. The fraction of sp³-hybridized carbons (Fsp3) is 0.571. The van der Waals surface area contributed by atoms with E-state index in [1.54, 1.807) is 12.5 Å². The van der Waals surface area contributed by atoms with Gasteiger partial charge in [0, 0.05) is 25.2 Å². The smallest absolute Gasteiger partial charge is 0.128 e. The largest absolute Gasteiger partial charge is 0.390 e. The third kappa shape index (κ3) is 1.41. The first-order chi connectivity index (χ1) is 5.34. The zero-order chi connectivity index (χ0) is 7.68. The van der Waals surface area contributed by atoms with Crippen LogP contribution in [0.4, 0.5) is 0 Å². The van der Waals surface area contributed by atoms with E-state index in [0.29, 0.717) is 0 Å². The molecule has 0 aliphatic carbocycles. The summed E-state index contributed by atoms with van der Waals surface area (Å²) in [5.74, 6) is 0. The molecule has 4 heteroatoms. The minimum atomic E-state index is -0.130. The van der Waals surface area contributed by atoms with Crippen LogP contribution < -0.4 is 0 Å². The number of aromatic nitrogens is 1. The van der Waals surface area contributed by atoms with Crippen LogP contribution >= 0.6 is 0 Å². The molecule has 4 nitrogen and oxygen atoms in total. The molecule has 2 rings (SSSR count). The number of aliphatic hydroxyl groups excluding tert-OH is 1. The van der Waals surface area contributed by atoms with Gasteiger partial charge in [0.05, 0.1) is 12.3 Å². The van der Waals surface area contributed by atoms with Gasteiger partial charge in [-0.1, -0.05) is 5.16 Å². The van der Waals surface area contributed by atoms with Crippen LogP contribution in [0.5, 0.6) is 0 Å². The van der Waals surface area contributed by atoms with E-state index in [2.05, 4.69) is 14.6 Å². The minimum Gasteiger partial charge on any atom is -0.390 e. The van der Waals surface area contributed by atoms with Crippen molar-refractivity contribution in [1.29, 1.82) is 0 Å². The van der Waals surface area contributed by atoms with Gasteiger partial charge in [-0.05, 0) is 0 Å². The van der Waals surface area contributed by atoms with Gasteiger partial charge in [0.15, 0.2) is 0 Å². The van der Waals surface area contributed by atoms with Crippen LogP contribution in [-0.2, 0) is 6.54 Å². The van der Waals surface area contributed by atoms with Crippen molar-refractivity contribution < 1.29 is 9.63 Å². The van der Waals surface area contributed by atoms with Crippen LogP contribution in [0.2, 0.25) is 0 Å². The molecule has 1 aromatic heterocycles. The second-order valence-corrected chi connectivity index (χ2v) is 2.88. The van der Waals surface area contributed by atoms with E-state index in [-0.39, 0.29) is 6.10 Å². The number of hydrogen-bond acceptors (Lipinski definition) is 4. The molecule has 1 aromatic rings. The van der Waals surface area contributed by atoms with Crippen molar-refractivity contribution in [1.82, 2.24) is 10.1 Å². The van der Waals surface area contributed by atoms with Gasteiger partial charge in [-0.25, -0.2) is 0 Å². The Morgan fingerprint density at radius 3 is 3.09 bits per heavy atom. The molecular formula is C7H10N2O2. The molecule has 0 spiro atoms. The van der Waals surface area contributed by atoms with Crippen molar-refractivity contribution in [2.45, 2.75) is 12.6 Å². The van der Waals surface area contributed by atoms with Crippen molar-refractivity contribution in [2.75, 3.05) is 13.1 Å². The predicted molar refractivity (Wildman–Crippen MR) is 37.8 cm³/mol. The highest BCUT2D eigenvalue weighted by molar-refractivity contribution is 5.01. The maximum Gasteiger partial charge on any atom is 0.128 e. The topological polar surface area (TPSA) is 49.5 Å². The number of likely N-dealkylation sites (tertiary alicyclic amines) is 1. The SMILES string of the molecule is OC1CN(Cc2cnoc2)C1. The maximum atomic E-state index is 8.97. The predicted octanol–water partition coefficient (Wildman–Crippen LogP) is -0.149. The standard InChI is InChI=1S/C7H10N2O2/c10-7-3-9(4-7)2-6-1-8-11-5-6/h1,5,7,10H,2-4H2. The Bertz CT molecular complexity index is 216. The summed E-state index contributed by atoms with van der Waals surface area (Å²) < 4.78 is 4.67. The van der Waals surface area contributed by atoms with Gasteiger partial charge in [-0.2, -0.15) is 0 Å². The lowest BCUT2D eigenvalue weighted by molar-refractivity contribution is -0.00295. The second kappa shape index (κ2) is 2.64. The molecule has 0 bridgehead atoms. The second-order valence-electron chi connectivity index (χ2n) is 2.88. The molecule has 1 fully saturated rings. The van der Waals surface area contributed by atoms with Gasteiger partial charge in [-0.3, -0.25) is 4.90 Å². The van der Waals surface area contributed by atoms with Crippen LogP contribution in [0.25, 0.3) is 0 Å². The molecule has 2 heterocycles. The molecule has 11 heavy (non-hydrogen) atoms. The summed E-state index contributed by atoms with van der Waals surface area (Å²) in [6.07, 6.45) is 3.20. The molecule has 0 atom stereocenters. The lowest BCUT2D eigenvalue weighted by Crippen LogP contribution is -2.49. The zero-order valence-corrected chi connectivity index (χ0v) is 6.10. The van der Waals surface area contributed by atoms with Gasteiger partial charge >= 0.3 is 0 Å². The fourth-order valence-corrected chi connectivity index (χ4v) is 1.23. The van der Waals surface area contributed by atoms with E-state index < -0.39 is 0 Å². The first kappa shape index (κ1) is 6.82. The Morgan fingerprint density at radius 2 is 2.55 bits per heavy atom. The molecule has 0 amide bonds. The van der Waals surface area contributed by atoms with Crippen LogP contribution in [0, 0.1) is 0 Å². The van der Waals surface area contributed by atoms with Gasteiger partial charge in [0.1, 0.15) is 6.26 Å². The summed E-state index contributed by atoms with van der Waals surface area (Å²) in [7, 11) is 0. The van der Waals surface area contributed by atoms with Gasteiger partial charge in [-0.15, -0.1) is 0 Å². The van der Waals surface area contributed by atoms with Gasteiger partial charge in [0.25, 0.3) is 0 Å². The summed E-state index contributed by atoms with van der Waals surface area (Å²) in [4.78, 5) is 2.14. The average Bonchev–Trinajstić information content (AvgIpc) is 2.36. The average molecular weight is 154 g/mol. The first-order valence-electron chi connectivity index (χ1n) is 3.63. The molecule has 1 aliphatic rings. The molecule has 1 N–H and O–H groups in total. The third-order valence-corrected chi connectivity index (χ3v) is 1.83. The van der Waals surface area contributed by atoms with Crippen molar-refractivity contribution >= 4 is 0 Å². The molecule has 1 aliphatic heterocycles. The Hall–Kier alpha value is -0.870. The van der Waals surface area contributed by atoms with E-state index in [1.165, 1.54) is 0 Å². The van der Waals surface area contributed by atoms with E-state index in [0.717, 1.165) is 25.2 Å². The monoisotopic (exact) mass is 154 g/mol. The number of rotatable bonds is 2. The quantitative estimate of drug-likeness (QED) is 0.643. The normalized spacial score (nSPS) is 20.1. The lowest BCUT2D eigenvalue weighted by Gasteiger charge is -2.35. The highest BCUT2D eigenvalue weighted by Gasteiger charge is 2.24. The van der Waals surface area contributed by atoms with E-state index >= 15 is 0 Å². The number of β-amino-alcohol motifs (C(OH)–C–C–N with tert-alkyl or cyclic N) is 1. The molecule has 60 valence electrons. The van der Waals surface area contributed by atoms with Crippen molar-refractivity contribution in [2.24, 2.45) is 0 Å². The highest BCUT2D eigenvalue weighted by Crippen LogP contribution is 2.11. The van der Waals surface area contributed by atoms with Gasteiger partial charge in [0.2, 0.25) is 0 Å². The number of hydrogen-bond donors (Lipinski definition) is 1. The Kier molecular flexibility index (Phi) is 1.63. The molecule has 0 aromatic carbocycles. The Labute approximate surface area is 64.4 Å².